The van der Waals surface area contributed by atoms with Gasteiger partial charge in [-0.1, -0.05) is 0 Å². The lowest BCUT2D eigenvalue weighted by Crippen LogP contribution is -2.31. The summed E-state index contributed by atoms with van der Waals surface area (Å²) >= 11 is 3.39. The average molecular weight is 361 g/mol. The van der Waals surface area contributed by atoms with Crippen molar-refractivity contribution in [2.75, 3.05) is 48.5 Å². The summed E-state index contributed by atoms with van der Waals surface area (Å²) in [5.74, 6) is 1.10. The molecule has 0 spiro atoms. The van der Waals surface area contributed by atoms with E-state index in [4.69, 9.17) is 14.2 Å². The van der Waals surface area contributed by atoms with Gasteiger partial charge in [-0.3, -0.25) is 4.79 Å². The van der Waals surface area contributed by atoms with Crippen molar-refractivity contribution in [3.05, 3.63) is 16.1 Å². The van der Waals surface area contributed by atoms with Crippen molar-refractivity contribution in [1.82, 2.24) is 10.2 Å². The van der Waals surface area contributed by atoms with E-state index in [1.807, 2.05) is 19.0 Å². The Kier molecular flexibility index (Phi) is 6.77. The fourth-order valence-electron chi connectivity index (χ4n) is 1.77. The van der Waals surface area contributed by atoms with Gasteiger partial charge in [-0.2, -0.15) is 0 Å². The van der Waals surface area contributed by atoms with Crippen LogP contribution in [0.5, 0.6) is 17.2 Å². The Balaban J connectivity index is 3.09. The minimum atomic E-state index is -0.206. The van der Waals surface area contributed by atoms with Crippen molar-refractivity contribution >= 4 is 21.8 Å². The smallest absolute Gasteiger partial charge is 0.252 e. The first-order valence-corrected chi connectivity index (χ1v) is 7.16. The molecule has 0 saturated heterocycles. The molecular weight excluding hydrogens is 340 g/mol. The van der Waals surface area contributed by atoms with Gasteiger partial charge < -0.3 is 24.4 Å². The van der Waals surface area contributed by atoms with Gasteiger partial charge in [0.2, 0.25) is 5.75 Å². The molecule has 21 heavy (non-hydrogen) atoms. The third kappa shape index (κ3) is 4.25. The van der Waals surface area contributed by atoms with E-state index in [2.05, 4.69) is 21.2 Å². The van der Waals surface area contributed by atoms with E-state index in [1.165, 1.54) is 21.3 Å². The summed E-state index contributed by atoms with van der Waals surface area (Å²) in [4.78, 5) is 14.3. The second kappa shape index (κ2) is 8.09. The highest BCUT2D eigenvalue weighted by Gasteiger charge is 2.22. The van der Waals surface area contributed by atoms with Crippen LogP contribution in [0, 0.1) is 0 Å². The van der Waals surface area contributed by atoms with Gasteiger partial charge in [0.1, 0.15) is 0 Å². The van der Waals surface area contributed by atoms with Crippen LogP contribution in [0.3, 0.4) is 0 Å². The normalized spacial score (nSPS) is 10.4. The summed E-state index contributed by atoms with van der Waals surface area (Å²) in [5, 5.41) is 2.85. The Morgan fingerprint density at radius 3 is 2.29 bits per heavy atom. The maximum atomic E-state index is 12.3. The Labute approximate surface area is 133 Å². The standard InChI is InChI=1S/C14H21BrN2O4/c1-17(2)7-6-16-14(18)9-8-10(19-3)12(20-4)13(21-5)11(9)15/h8H,6-7H2,1-5H3,(H,16,18). The molecule has 0 bridgehead atoms. The zero-order valence-corrected chi connectivity index (χ0v) is 14.5. The minimum absolute atomic E-state index is 0.206. The second-order valence-electron chi connectivity index (χ2n) is 4.57. The van der Waals surface area contributed by atoms with E-state index in [-0.39, 0.29) is 5.91 Å². The fourth-order valence-corrected chi connectivity index (χ4v) is 2.41. The average Bonchev–Trinajstić information content (AvgIpc) is 2.45. The van der Waals surface area contributed by atoms with E-state index in [0.29, 0.717) is 33.8 Å². The first-order valence-electron chi connectivity index (χ1n) is 6.37. The number of carbonyl (C=O) groups excluding carboxylic acids is 1. The largest absolute Gasteiger partial charge is 0.493 e. The number of halogens is 1. The summed E-state index contributed by atoms with van der Waals surface area (Å²) < 4.78 is 16.4. The molecule has 0 fully saturated rings. The fraction of sp³-hybridized carbons (Fsp3) is 0.500. The lowest BCUT2D eigenvalue weighted by atomic mass is 10.1. The molecule has 0 atom stereocenters. The van der Waals surface area contributed by atoms with E-state index in [9.17, 15) is 4.79 Å². The molecule has 1 rings (SSSR count). The quantitative estimate of drug-likeness (QED) is 0.802. The van der Waals surface area contributed by atoms with Gasteiger partial charge in [-0.15, -0.1) is 0 Å². The summed E-state index contributed by atoms with van der Waals surface area (Å²) in [6, 6.07) is 1.62. The van der Waals surface area contributed by atoms with Crippen LogP contribution in [-0.2, 0) is 0 Å². The van der Waals surface area contributed by atoms with Crippen LogP contribution >= 0.6 is 15.9 Å². The lowest BCUT2D eigenvalue weighted by molar-refractivity contribution is 0.0949. The maximum Gasteiger partial charge on any atom is 0.252 e. The number of rotatable bonds is 7. The number of nitrogens with zero attached hydrogens (tertiary/aromatic N) is 1. The Hall–Kier alpha value is -1.47. The van der Waals surface area contributed by atoms with Crippen LogP contribution in [0.1, 0.15) is 10.4 Å². The zero-order valence-electron chi connectivity index (χ0n) is 12.9. The SMILES string of the molecule is COc1cc(C(=O)NCCN(C)C)c(Br)c(OC)c1OC. The number of nitrogens with one attached hydrogen (secondary N) is 1. The van der Waals surface area contributed by atoms with Gasteiger partial charge in [0, 0.05) is 13.1 Å². The van der Waals surface area contributed by atoms with Crippen molar-refractivity contribution in [2.45, 2.75) is 0 Å². The molecule has 0 aliphatic carbocycles. The van der Waals surface area contributed by atoms with E-state index >= 15 is 0 Å². The summed E-state index contributed by atoms with van der Waals surface area (Å²) in [6.45, 7) is 1.31. The number of hydrogen-bond donors (Lipinski definition) is 1. The zero-order chi connectivity index (χ0) is 16.0. The van der Waals surface area contributed by atoms with Gasteiger partial charge in [-0.25, -0.2) is 0 Å². The van der Waals surface area contributed by atoms with Crippen LogP contribution in [0.25, 0.3) is 0 Å². The maximum absolute atomic E-state index is 12.3. The molecule has 7 heteroatoms. The first-order chi connectivity index (χ1) is 9.96. The number of hydrogen-bond acceptors (Lipinski definition) is 5. The van der Waals surface area contributed by atoms with Gasteiger partial charge in [0.25, 0.3) is 5.91 Å². The van der Waals surface area contributed by atoms with Crippen molar-refractivity contribution in [2.24, 2.45) is 0 Å². The molecule has 6 nitrogen and oxygen atoms in total. The molecule has 1 aromatic rings. The summed E-state index contributed by atoms with van der Waals surface area (Å²) in [6.07, 6.45) is 0. The van der Waals surface area contributed by atoms with Gasteiger partial charge >= 0.3 is 0 Å². The molecule has 0 saturated carbocycles. The van der Waals surface area contributed by atoms with Crippen LogP contribution in [0.15, 0.2) is 10.5 Å². The van der Waals surface area contributed by atoms with E-state index < -0.39 is 0 Å². The molecule has 0 aliphatic heterocycles. The molecule has 118 valence electrons. The molecule has 1 N–H and O–H groups in total. The number of likely N-dealkylation sites (N-methyl/N-ethyl adjacent to an activating group) is 1. The second-order valence-corrected chi connectivity index (χ2v) is 5.36. The molecule has 0 aliphatic rings. The van der Waals surface area contributed by atoms with Crippen LogP contribution in [-0.4, -0.2) is 59.3 Å². The summed E-state index contributed by atoms with van der Waals surface area (Å²) in [7, 11) is 8.43. The monoisotopic (exact) mass is 360 g/mol. The van der Waals surface area contributed by atoms with Crippen molar-refractivity contribution < 1.29 is 19.0 Å². The van der Waals surface area contributed by atoms with Gasteiger partial charge in [0.05, 0.1) is 31.4 Å². The molecule has 0 heterocycles. The Morgan fingerprint density at radius 2 is 1.81 bits per heavy atom. The van der Waals surface area contributed by atoms with Crippen molar-refractivity contribution in [1.29, 1.82) is 0 Å². The molecule has 1 amide bonds. The number of benzene rings is 1. The van der Waals surface area contributed by atoms with E-state index in [0.717, 1.165) is 6.54 Å². The van der Waals surface area contributed by atoms with Crippen LogP contribution in [0.4, 0.5) is 0 Å². The first kappa shape index (κ1) is 17.6. The highest BCUT2D eigenvalue weighted by atomic mass is 79.9. The minimum Gasteiger partial charge on any atom is -0.493 e. The Morgan fingerprint density at radius 1 is 1.19 bits per heavy atom. The number of carbonyl (C=O) groups is 1. The number of ether oxygens (including phenoxy) is 3. The van der Waals surface area contributed by atoms with Gasteiger partial charge in [0.15, 0.2) is 11.5 Å². The molecule has 0 unspecified atom stereocenters. The molecule has 0 aromatic heterocycles. The highest BCUT2D eigenvalue weighted by molar-refractivity contribution is 9.10. The topological polar surface area (TPSA) is 60.0 Å². The third-order valence-corrected chi connectivity index (χ3v) is 3.65. The van der Waals surface area contributed by atoms with Crippen molar-refractivity contribution in [3.63, 3.8) is 0 Å². The van der Waals surface area contributed by atoms with Crippen LogP contribution < -0.4 is 19.5 Å². The van der Waals surface area contributed by atoms with Crippen molar-refractivity contribution in [3.8, 4) is 17.2 Å². The number of amides is 1. The predicted octanol–water partition coefficient (Wildman–Crippen LogP) is 1.77. The molecule has 0 radical (unpaired) electrons. The third-order valence-electron chi connectivity index (χ3n) is 2.86. The van der Waals surface area contributed by atoms with Crippen LogP contribution in [0.2, 0.25) is 0 Å². The van der Waals surface area contributed by atoms with Gasteiger partial charge in [-0.05, 0) is 36.1 Å². The van der Waals surface area contributed by atoms with E-state index in [1.54, 1.807) is 6.07 Å². The highest BCUT2D eigenvalue weighted by Crippen LogP contribution is 2.44. The Bertz CT molecular complexity index is 506. The summed E-state index contributed by atoms with van der Waals surface area (Å²) in [5.41, 5.74) is 0.434. The predicted molar refractivity (Wildman–Crippen MR) is 84.7 cm³/mol. The lowest BCUT2D eigenvalue weighted by Gasteiger charge is -2.17. The molecular formula is C14H21BrN2O4. The number of methoxy groups -OCH3 is 3. The molecule has 1 aromatic carbocycles.